The summed E-state index contributed by atoms with van der Waals surface area (Å²) in [5, 5.41) is 9.37. The molecule has 0 radical (unpaired) electrons. The zero-order valence-electron chi connectivity index (χ0n) is 14.6. The second-order valence-electron chi connectivity index (χ2n) is 7.26. The zero-order chi connectivity index (χ0) is 18.4. The summed E-state index contributed by atoms with van der Waals surface area (Å²) >= 11 is 0. The summed E-state index contributed by atoms with van der Waals surface area (Å²) in [6.45, 7) is 1.73. The summed E-state index contributed by atoms with van der Waals surface area (Å²) < 4.78 is 22.3. The summed E-state index contributed by atoms with van der Waals surface area (Å²) in [5.41, 5.74) is -0.457. The molecule has 1 saturated heterocycles. The molecule has 0 spiro atoms. The van der Waals surface area contributed by atoms with E-state index in [1.54, 1.807) is 10.6 Å². The van der Waals surface area contributed by atoms with E-state index in [1.165, 1.54) is 6.20 Å². The smallest absolute Gasteiger partial charge is 0.341 e. The molecule has 1 aliphatic heterocycles. The Morgan fingerprint density at radius 3 is 2.73 bits per heavy atom. The highest BCUT2D eigenvalue weighted by atomic mass is 19.1. The second kappa shape index (κ2) is 6.39. The van der Waals surface area contributed by atoms with E-state index in [2.05, 4.69) is 4.90 Å². The third-order valence-corrected chi connectivity index (χ3v) is 5.13. The standard InChI is InChI=1S/C19H21FN2O4/c1-21-6-2-3-12(9-21)26-17-8-16-13(7-15(17)20)18(23)14(19(24)25)10-22(16)11-4-5-11/h7-8,10-12H,2-6,9H2,1H3,(H,24,25). The van der Waals surface area contributed by atoms with Gasteiger partial charge in [0.05, 0.1) is 5.52 Å². The van der Waals surface area contributed by atoms with Gasteiger partial charge in [-0.05, 0) is 45.3 Å². The topological polar surface area (TPSA) is 71.8 Å². The van der Waals surface area contributed by atoms with Crippen molar-refractivity contribution >= 4 is 16.9 Å². The monoisotopic (exact) mass is 360 g/mol. The number of nitrogens with zero attached hydrogens (tertiary/aromatic N) is 2. The van der Waals surface area contributed by atoms with Gasteiger partial charge in [-0.15, -0.1) is 0 Å². The fraction of sp³-hybridized carbons (Fsp3) is 0.474. The lowest BCUT2D eigenvalue weighted by molar-refractivity contribution is 0.0695. The normalized spacial score (nSPS) is 21.1. The highest BCUT2D eigenvalue weighted by Gasteiger charge is 2.28. The molecule has 0 bridgehead atoms. The maximum atomic E-state index is 14.6. The molecule has 2 aliphatic rings. The molecular weight excluding hydrogens is 339 g/mol. The summed E-state index contributed by atoms with van der Waals surface area (Å²) in [6, 6.07) is 2.81. The van der Waals surface area contributed by atoms with Gasteiger partial charge in [-0.25, -0.2) is 9.18 Å². The van der Waals surface area contributed by atoms with Crippen LogP contribution in [0.15, 0.2) is 23.1 Å². The Kier molecular flexibility index (Phi) is 4.19. The lowest BCUT2D eigenvalue weighted by Crippen LogP contribution is -2.38. The van der Waals surface area contributed by atoms with Crippen molar-refractivity contribution in [3.8, 4) is 5.75 Å². The van der Waals surface area contributed by atoms with E-state index in [4.69, 9.17) is 4.74 Å². The number of piperidine rings is 1. The molecule has 138 valence electrons. The van der Waals surface area contributed by atoms with Gasteiger partial charge in [0, 0.05) is 30.2 Å². The van der Waals surface area contributed by atoms with Crippen LogP contribution in [0.2, 0.25) is 0 Å². The lowest BCUT2D eigenvalue weighted by Gasteiger charge is -2.30. The SMILES string of the molecule is CN1CCCC(Oc2cc3c(cc2F)c(=O)c(C(=O)O)cn3C2CC2)C1. The minimum atomic E-state index is -1.29. The van der Waals surface area contributed by atoms with Gasteiger partial charge in [0.1, 0.15) is 11.7 Å². The van der Waals surface area contributed by atoms with E-state index in [-0.39, 0.29) is 28.8 Å². The van der Waals surface area contributed by atoms with E-state index in [0.29, 0.717) is 5.52 Å². The number of aromatic nitrogens is 1. The molecule has 1 aromatic heterocycles. The van der Waals surface area contributed by atoms with E-state index >= 15 is 0 Å². The van der Waals surface area contributed by atoms with Gasteiger partial charge in [-0.3, -0.25) is 4.79 Å². The first-order valence-electron chi connectivity index (χ1n) is 8.91. The molecule has 0 amide bonds. The molecule has 1 aromatic carbocycles. The fourth-order valence-corrected chi connectivity index (χ4v) is 3.64. The quantitative estimate of drug-likeness (QED) is 0.908. The first kappa shape index (κ1) is 17.0. The van der Waals surface area contributed by atoms with Crippen LogP contribution in [0.3, 0.4) is 0 Å². The largest absolute Gasteiger partial charge is 0.486 e. The van der Waals surface area contributed by atoms with Gasteiger partial charge in [-0.2, -0.15) is 0 Å². The van der Waals surface area contributed by atoms with Crippen LogP contribution >= 0.6 is 0 Å². The Morgan fingerprint density at radius 2 is 2.08 bits per heavy atom. The van der Waals surface area contributed by atoms with Gasteiger partial charge in [-0.1, -0.05) is 0 Å². The van der Waals surface area contributed by atoms with Crippen molar-refractivity contribution in [2.75, 3.05) is 20.1 Å². The van der Waals surface area contributed by atoms with Crippen LogP contribution in [0.1, 0.15) is 42.1 Å². The van der Waals surface area contributed by atoms with Crippen molar-refractivity contribution < 1.29 is 19.0 Å². The number of hydrogen-bond donors (Lipinski definition) is 1. The highest BCUT2D eigenvalue weighted by molar-refractivity contribution is 5.93. The maximum absolute atomic E-state index is 14.6. The number of benzene rings is 1. The number of likely N-dealkylation sites (N-methyl/N-ethyl adjacent to an activating group) is 1. The van der Waals surface area contributed by atoms with Crippen LogP contribution < -0.4 is 10.2 Å². The van der Waals surface area contributed by atoms with E-state index < -0.39 is 17.2 Å². The number of likely N-dealkylation sites (tertiary alicyclic amines) is 1. The molecule has 2 aromatic rings. The molecule has 6 nitrogen and oxygen atoms in total. The van der Waals surface area contributed by atoms with Crippen LogP contribution in [0.5, 0.6) is 5.75 Å². The average molecular weight is 360 g/mol. The molecular formula is C19H21FN2O4. The number of rotatable bonds is 4. The van der Waals surface area contributed by atoms with Gasteiger partial charge in [0.15, 0.2) is 11.6 Å². The van der Waals surface area contributed by atoms with Crippen molar-refractivity contribution in [2.24, 2.45) is 0 Å². The predicted molar refractivity (Wildman–Crippen MR) is 94.5 cm³/mol. The molecule has 1 unspecified atom stereocenters. The summed E-state index contributed by atoms with van der Waals surface area (Å²) in [5.74, 6) is -1.81. The van der Waals surface area contributed by atoms with Crippen molar-refractivity contribution in [1.82, 2.24) is 9.47 Å². The predicted octanol–water partition coefficient (Wildman–Crippen LogP) is 2.65. The van der Waals surface area contributed by atoms with Crippen LogP contribution in [0.4, 0.5) is 4.39 Å². The van der Waals surface area contributed by atoms with Crippen molar-refractivity contribution in [2.45, 2.75) is 37.8 Å². The Bertz CT molecular complexity index is 935. The van der Waals surface area contributed by atoms with E-state index in [9.17, 15) is 19.1 Å². The summed E-state index contributed by atoms with van der Waals surface area (Å²) in [4.78, 5) is 26.0. The fourth-order valence-electron chi connectivity index (χ4n) is 3.64. The molecule has 2 heterocycles. The second-order valence-corrected chi connectivity index (χ2v) is 7.26. The molecule has 1 atom stereocenters. The molecule has 1 saturated carbocycles. The Balaban J connectivity index is 1.80. The van der Waals surface area contributed by atoms with E-state index in [0.717, 1.165) is 44.8 Å². The Labute approximate surface area is 149 Å². The number of pyridine rings is 1. The van der Waals surface area contributed by atoms with Crippen LogP contribution in [0, 0.1) is 5.82 Å². The maximum Gasteiger partial charge on any atom is 0.341 e. The van der Waals surface area contributed by atoms with Crippen LogP contribution in [0.25, 0.3) is 10.9 Å². The Morgan fingerprint density at radius 1 is 1.31 bits per heavy atom. The van der Waals surface area contributed by atoms with Gasteiger partial charge < -0.3 is 19.3 Å². The van der Waals surface area contributed by atoms with E-state index in [1.807, 2.05) is 7.05 Å². The number of ether oxygens (including phenoxy) is 1. The third kappa shape index (κ3) is 3.07. The molecule has 26 heavy (non-hydrogen) atoms. The van der Waals surface area contributed by atoms with Crippen molar-refractivity contribution in [3.05, 3.63) is 39.9 Å². The van der Waals surface area contributed by atoms with Crippen molar-refractivity contribution in [3.63, 3.8) is 0 Å². The molecule has 4 rings (SSSR count). The molecule has 1 aliphatic carbocycles. The number of fused-ring (bicyclic) bond motifs is 1. The lowest BCUT2D eigenvalue weighted by atomic mass is 10.1. The van der Waals surface area contributed by atoms with Gasteiger partial charge in [0.25, 0.3) is 0 Å². The van der Waals surface area contributed by atoms with Crippen molar-refractivity contribution in [1.29, 1.82) is 0 Å². The average Bonchev–Trinajstić information content (AvgIpc) is 3.41. The first-order valence-corrected chi connectivity index (χ1v) is 8.91. The molecule has 1 N–H and O–H groups in total. The van der Waals surface area contributed by atoms with Crippen LogP contribution in [-0.4, -0.2) is 46.8 Å². The third-order valence-electron chi connectivity index (χ3n) is 5.13. The number of carboxylic acid groups (broad SMARTS) is 1. The first-order chi connectivity index (χ1) is 12.4. The number of hydrogen-bond acceptors (Lipinski definition) is 4. The number of halogens is 1. The van der Waals surface area contributed by atoms with Gasteiger partial charge >= 0.3 is 5.97 Å². The number of carbonyl (C=O) groups is 1. The highest BCUT2D eigenvalue weighted by Crippen LogP contribution is 2.38. The minimum absolute atomic E-state index is 0.0856. The minimum Gasteiger partial charge on any atom is -0.486 e. The molecule has 2 fully saturated rings. The van der Waals surface area contributed by atoms with Gasteiger partial charge in [0.2, 0.25) is 5.43 Å². The number of carboxylic acids is 1. The summed E-state index contributed by atoms with van der Waals surface area (Å²) in [6.07, 6.45) is 4.96. The zero-order valence-corrected chi connectivity index (χ0v) is 14.6. The number of aromatic carboxylic acids is 1. The summed E-state index contributed by atoms with van der Waals surface area (Å²) in [7, 11) is 2.00. The Hall–Kier alpha value is -2.41. The molecule has 7 heteroatoms. The van der Waals surface area contributed by atoms with Crippen LogP contribution in [-0.2, 0) is 0 Å².